The number of hydrogen-bond donors (Lipinski definition) is 1. The molecule has 1 aromatic rings. The van der Waals surface area contributed by atoms with Crippen LogP contribution in [-0.2, 0) is 11.2 Å². The Morgan fingerprint density at radius 3 is 2.73 bits per heavy atom. The molecule has 15 heavy (non-hydrogen) atoms. The van der Waals surface area contributed by atoms with Crippen LogP contribution >= 0.6 is 0 Å². The number of hydrogen-bond acceptors (Lipinski definition) is 3. The van der Waals surface area contributed by atoms with Crippen molar-refractivity contribution in [2.45, 2.75) is 12.5 Å². The monoisotopic (exact) mass is 204 g/mol. The number of nitrogens with zero attached hydrogens (tertiary/aromatic N) is 1. The van der Waals surface area contributed by atoms with E-state index in [-0.39, 0.29) is 6.04 Å². The molecule has 0 saturated carbocycles. The van der Waals surface area contributed by atoms with Gasteiger partial charge in [0.2, 0.25) is 0 Å². The van der Waals surface area contributed by atoms with Crippen molar-refractivity contribution in [2.75, 3.05) is 20.3 Å². The fourth-order valence-corrected chi connectivity index (χ4v) is 1.35. The highest BCUT2D eigenvalue weighted by Gasteiger charge is 2.06. The molecule has 3 heteroatoms. The van der Waals surface area contributed by atoms with Crippen molar-refractivity contribution in [3.8, 4) is 6.07 Å². The Bertz CT molecular complexity index is 305. The fraction of sp³-hybridized carbons (Fsp3) is 0.417. The van der Waals surface area contributed by atoms with Crippen LogP contribution in [0.15, 0.2) is 30.3 Å². The normalized spacial score (nSPS) is 12.0. The van der Waals surface area contributed by atoms with E-state index in [1.807, 2.05) is 30.3 Å². The average molecular weight is 204 g/mol. The van der Waals surface area contributed by atoms with Crippen LogP contribution in [0.1, 0.15) is 5.56 Å². The average Bonchev–Trinajstić information content (AvgIpc) is 2.29. The molecule has 1 atom stereocenters. The molecule has 0 saturated heterocycles. The van der Waals surface area contributed by atoms with E-state index in [2.05, 4.69) is 11.4 Å². The molecule has 0 amide bonds. The van der Waals surface area contributed by atoms with E-state index in [4.69, 9.17) is 10.00 Å². The standard InChI is InChI=1S/C12H16N2O/c1-15-8-7-14-12(10-13)9-11-5-3-2-4-6-11/h2-6,12,14H,7-9H2,1H3. The Labute approximate surface area is 90.7 Å². The van der Waals surface area contributed by atoms with Crippen molar-refractivity contribution >= 4 is 0 Å². The lowest BCUT2D eigenvalue weighted by Gasteiger charge is -2.10. The minimum Gasteiger partial charge on any atom is -0.383 e. The van der Waals surface area contributed by atoms with E-state index in [1.54, 1.807) is 7.11 Å². The van der Waals surface area contributed by atoms with Crippen LogP contribution in [0.2, 0.25) is 0 Å². The van der Waals surface area contributed by atoms with E-state index >= 15 is 0 Å². The summed E-state index contributed by atoms with van der Waals surface area (Å²) < 4.78 is 4.92. The van der Waals surface area contributed by atoms with Gasteiger partial charge in [0, 0.05) is 20.1 Å². The zero-order valence-electron chi connectivity index (χ0n) is 8.94. The quantitative estimate of drug-likeness (QED) is 0.711. The molecule has 0 spiro atoms. The van der Waals surface area contributed by atoms with E-state index in [0.29, 0.717) is 13.2 Å². The Kier molecular flexibility index (Phi) is 5.46. The third kappa shape index (κ3) is 4.59. The highest BCUT2D eigenvalue weighted by molar-refractivity contribution is 5.17. The first-order valence-corrected chi connectivity index (χ1v) is 5.02. The molecule has 1 unspecified atom stereocenters. The first kappa shape index (κ1) is 11.7. The number of nitrogens with one attached hydrogen (secondary N) is 1. The lowest BCUT2D eigenvalue weighted by Crippen LogP contribution is -2.32. The van der Waals surface area contributed by atoms with Crippen LogP contribution in [-0.4, -0.2) is 26.3 Å². The number of methoxy groups -OCH3 is 1. The third-order valence-corrected chi connectivity index (χ3v) is 2.14. The van der Waals surface area contributed by atoms with Crippen LogP contribution in [0.25, 0.3) is 0 Å². The molecule has 0 radical (unpaired) electrons. The van der Waals surface area contributed by atoms with Gasteiger partial charge in [-0.2, -0.15) is 5.26 Å². The van der Waals surface area contributed by atoms with Gasteiger partial charge in [0.1, 0.15) is 0 Å². The molecule has 1 N–H and O–H groups in total. The lowest BCUT2D eigenvalue weighted by atomic mass is 10.1. The fourth-order valence-electron chi connectivity index (χ4n) is 1.35. The molecule has 3 nitrogen and oxygen atoms in total. The molecular formula is C12H16N2O. The highest BCUT2D eigenvalue weighted by atomic mass is 16.5. The second-order valence-electron chi connectivity index (χ2n) is 3.32. The predicted octanol–water partition coefficient (Wildman–Crippen LogP) is 1.36. The lowest BCUT2D eigenvalue weighted by molar-refractivity contribution is 0.197. The van der Waals surface area contributed by atoms with Crippen molar-refractivity contribution in [1.29, 1.82) is 5.26 Å². The smallest absolute Gasteiger partial charge is 0.0994 e. The zero-order chi connectivity index (χ0) is 10.9. The summed E-state index contributed by atoms with van der Waals surface area (Å²) >= 11 is 0. The number of ether oxygens (including phenoxy) is 1. The van der Waals surface area contributed by atoms with E-state index in [9.17, 15) is 0 Å². The van der Waals surface area contributed by atoms with Crippen LogP contribution in [0.3, 0.4) is 0 Å². The maximum Gasteiger partial charge on any atom is 0.0994 e. The van der Waals surface area contributed by atoms with Crippen molar-refractivity contribution in [3.05, 3.63) is 35.9 Å². The molecule has 0 aliphatic carbocycles. The molecule has 0 aliphatic heterocycles. The van der Waals surface area contributed by atoms with E-state index in [0.717, 1.165) is 6.42 Å². The second kappa shape index (κ2) is 6.99. The van der Waals surface area contributed by atoms with Crippen LogP contribution in [0.5, 0.6) is 0 Å². The van der Waals surface area contributed by atoms with E-state index in [1.165, 1.54) is 5.56 Å². The van der Waals surface area contributed by atoms with Gasteiger partial charge in [-0.3, -0.25) is 5.32 Å². The van der Waals surface area contributed by atoms with Crippen LogP contribution in [0.4, 0.5) is 0 Å². The van der Waals surface area contributed by atoms with Gasteiger partial charge in [-0.1, -0.05) is 30.3 Å². The molecular weight excluding hydrogens is 188 g/mol. The molecule has 0 aromatic heterocycles. The predicted molar refractivity (Wildman–Crippen MR) is 59.4 cm³/mol. The van der Waals surface area contributed by atoms with E-state index < -0.39 is 0 Å². The zero-order valence-corrected chi connectivity index (χ0v) is 8.94. The van der Waals surface area contributed by atoms with Gasteiger partial charge < -0.3 is 4.74 Å². The summed E-state index contributed by atoms with van der Waals surface area (Å²) in [7, 11) is 1.65. The van der Waals surface area contributed by atoms with Crippen LogP contribution < -0.4 is 5.32 Å². The topological polar surface area (TPSA) is 45.0 Å². The molecule has 0 aliphatic rings. The third-order valence-electron chi connectivity index (χ3n) is 2.14. The Balaban J connectivity index is 2.38. The van der Waals surface area contributed by atoms with Gasteiger partial charge in [-0.05, 0) is 5.56 Å². The summed E-state index contributed by atoms with van der Waals surface area (Å²) in [4.78, 5) is 0. The Morgan fingerprint density at radius 2 is 2.13 bits per heavy atom. The summed E-state index contributed by atoms with van der Waals surface area (Å²) in [6.07, 6.45) is 0.737. The van der Waals surface area contributed by atoms with Gasteiger partial charge in [0.15, 0.2) is 0 Å². The molecule has 1 aromatic carbocycles. The summed E-state index contributed by atoms with van der Waals surface area (Å²) in [6, 6.07) is 12.1. The van der Waals surface area contributed by atoms with Crippen molar-refractivity contribution in [1.82, 2.24) is 5.32 Å². The van der Waals surface area contributed by atoms with Crippen molar-refractivity contribution in [2.24, 2.45) is 0 Å². The summed E-state index contributed by atoms with van der Waals surface area (Å²) in [5.41, 5.74) is 1.17. The van der Waals surface area contributed by atoms with Crippen LogP contribution in [0, 0.1) is 11.3 Å². The Morgan fingerprint density at radius 1 is 1.40 bits per heavy atom. The van der Waals surface area contributed by atoms with Crippen molar-refractivity contribution < 1.29 is 4.74 Å². The summed E-state index contributed by atoms with van der Waals surface area (Å²) in [6.45, 7) is 1.34. The molecule has 0 heterocycles. The first-order chi connectivity index (χ1) is 7.36. The first-order valence-electron chi connectivity index (χ1n) is 5.02. The summed E-state index contributed by atoms with van der Waals surface area (Å²) in [5.74, 6) is 0. The molecule has 0 bridgehead atoms. The minimum absolute atomic E-state index is 0.137. The van der Waals surface area contributed by atoms with Crippen molar-refractivity contribution in [3.63, 3.8) is 0 Å². The summed E-state index contributed by atoms with van der Waals surface area (Å²) in [5, 5.41) is 12.1. The Hall–Kier alpha value is -1.37. The van der Waals surface area contributed by atoms with Gasteiger partial charge >= 0.3 is 0 Å². The molecule has 1 rings (SSSR count). The number of nitriles is 1. The van der Waals surface area contributed by atoms with Gasteiger partial charge in [0.25, 0.3) is 0 Å². The highest BCUT2D eigenvalue weighted by Crippen LogP contribution is 2.02. The van der Waals surface area contributed by atoms with Gasteiger partial charge in [0.05, 0.1) is 18.7 Å². The maximum atomic E-state index is 8.93. The number of rotatable bonds is 6. The largest absolute Gasteiger partial charge is 0.383 e. The number of benzene rings is 1. The molecule has 0 fully saturated rings. The SMILES string of the molecule is COCCNC(C#N)Cc1ccccc1. The minimum atomic E-state index is -0.137. The van der Waals surface area contributed by atoms with Gasteiger partial charge in [-0.25, -0.2) is 0 Å². The van der Waals surface area contributed by atoms with Gasteiger partial charge in [-0.15, -0.1) is 0 Å². The molecule has 80 valence electrons. The maximum absolute atomic E-state index is 8.93. The second-order valence-corrected chi connectivity index (χ2v) is 3.32.